The van der Waals surface area contributed by atoms with Gasteiger partial charge in [0.15, 0.2) is 5.96 Å². The van der Waals surface area contributed by atoms with Crippen LogP contribution in [-0.2, 0) is 4.74 Å². The van der Waals surface area contributed by atoms with E-state index in [1.54, 1.807) is 0 Å². The molecule has 1 aliphatic heterocycles. The first-order valence-corrected chi connectivity index (χ1v) is 11.7. The number of halogens is 1. The summed E-state index contributed by atoms with van der Waals surface area (Å²) in [7, 11) is 4.05. The number of piperidine rings is 1. The number of guanidine groups is 1. The molecule has 1 rings (SSSR count). The monoisotopic (exact) mass is 553 g/mol. The van der Waals surface area contributed by atoms with Crippen LogP contribution in [0, 0.1) is 5.92 Å². The van der Waals surface area contributed by atoms with Crippen LogP contribution in [0.4, 0.5) is 4.79 Å². The van der Waals surface area contributed by atoms with Gasteiger partial charge in [-0.15, -0.1) is 24.0 Å². The zero-order valence-electron chi connectivity index (χ0n) is 21.2. The molecule has 0 bridgehead atoms. The molecule has 1 saturated heterocycles. The molecule has 0 aromatic rings. The average molecular weight is 554 g/mol. The second kappa shape index (κ2) is 15.1. The highest BCUT2D eigenvalue weighted by Crippen LogP contribution is 2.20. The Labute approximate surface area is 208 Å². The smallest absolute Gasteiger partial charge is 0.410 e. The van der Waals surface area contributed by atoms with E-state index in [9.17, 15) is 4.79 Å². The molecule has 1 amide bonds. The van der Waals surface area contributed by atoms with Gasteiger partial charge >= 0.3 is 6.09 Å². The summed E-state index contributed by atoms with van der Waals surface area (Å²) < 4.78 is 5.55. The van der Waals surface area contributed by atoms with Gasteiger partial charge in [-0.05, 0) is 86.7 Å². The topological polar surface area (TPSA) is 60.4 Å². The second-order valence-corrected chi connectivity index (χ2v) is 9.70. The van der Waals surface area contributed by atoms with Crippen molar-refractivity contribution < 1.29 is 9.53 Å². The van der Waals surface area contributed by atoms with Crippen LogP contribution in [0.3, 0.4) is 0 Å². The molecule has 0 atom stereocenters. The van der Waals surface area contributed by atoms with Crippen LogP contribution in [-0.4, -0.2) is 91.8 Å². The van der Waals surface area contributed by atoms with Crippen molar-refractivity contribution in [1.82, 2.24) is 20.0 Å². The number of nitrogens with one attached hydrogen (secondary N) is 1. The number of aliphatic imine (C=N–C) groups is 1. The zero-order chi connectivity index (χ0) is 22.7. The molecule has 7 nitrogen and oxygen atoms in total. The molecular weight excluding hydrogens is 505 g/mol. The summed E-state index contributed by atoms with van der Waals surface area (Å²) in [6, 6.07) is 0.603. The molecule has 1 N–H and O–H groups in total. The van der Waals surface area contributed by atoms with Crippen LogP contribution in [0.1, 0.15) is 67.2 Å². The molecule has 0 aliphatic carbocycles. The second-order valence-electron chi connectivity index (χ2n) is 9.70. The summed E-state index contributed by atoms with van der Waals surface area (Å²) in [6.45, 7) is 17.7. The van der Waals surface area contributed by atoms with Crippen molar-refractivity contribution in [3.8, 4) is 0 Å². The van der Waals surface area contributed by atoms with Gasteiger partial charge in [-0.2, -0.15) is 0 Å². The van der Waals surface area contributed by atoms with Gasteiger partial charge in [0, 0.05) is 45.8 Å². The summed E-state index contributed by atoms with van der Waals surface area (Å²) in [5.74, 6) is 1.52. The number of nitrogens with zero attached hydrogens (tertiary/aromatic N) is 4. The molecular formula is C23H48IN5O2. The lowest BCUT2D eigenvalue weighted by Gasteiger charge is -2.36. The molecule has 31 heavy (non-hydrogen) atoms. The average Bonchev–Trinajstić information content (AvgIpc) is 2.67. The lowest BCUT2D eigenvalue weighted by atomic mass is 9.96. The summed E-state index contributed by atoms with van der Waals surface area (Å²) >= 11 is 0. The van der Waals surface area contributed by atoms with Crippen molar-refractivity contribution in [3.63, 3.8) is 0 Å². The van der Waals surface area contributed by atoms with Crippen molar-refractivity contribution in [1.29, 1.82) is 0 Å². The van der Waals surface area contributed by atoms with E-state index in [4.69, 9.17) is 4.74 Å². The number of hydrogen-bond acceptors (Lipinski definition) is 4. The molecule has 0 radical (unpaired) electrons. The third-order valence-corrected chi connectivity index (χ3v) is 5.74. The highest BCUT2D eigenvalue weighted by atomic mass is 127. The van der Waals surface area contributed by atoms with E-state index < -0.39 is 5.60 Å². The number of unbranched alkanes of at least 4 members (excludes halogenated alkanes) is 1. The number of hydrogen-bond donors (Lipinski definition) is 1. The molecule has 0 aromatic heterocycles. The zero-order valence-corrected chi connectivity index (χ0v) is 23.6. The van der Waals surface area contributed by atoms with Crippen LogP contribution in [0.2, 0.25) is 0 Å². The van der Waals surface area contributed by atoms with Crippen LogP contribution in [0.5, 0.6) is 0 Å². The SMILES string of the molecule is CCN(CC1CCN(C(=NC)NCCCCN(C)C(C)C)CC1)C(=O)OC(C)(C)C.I. The van der Waals surface area contributed by atoms with Crippen molar-refractivity contribution in [2.45, 2.75) is 78.9 Å². The minimum atomic E-state index is -0.448. The Hall–Kier alpha value is -0.770. The normalized spacial score (nSPS) is 15.8. The van der Waals surface area contributed by atoms with Gasteiger partial charge in [-0.25, -0.2) is 4.79 Å². The van der Waals surface area contributed by atoms with Crippen molar-refractivity contribution >= 4 is 36.0 Å². The third-order valence-electron chi connectivity index (χ3n) is 5.74. The predicted octanol–water partition coefficient (Wildman–Crippen LogP) is 4.27. The van der Waals surface area contributed by atoms with Crippen molar-refractivity contribution in [2.24, 2.45) is 10.9 Å². The fourth-order valence-corrected chi connectivity index (χ4v) is 3.58. The van der Waals surface area contributed by atoms with Gasteiger partial charge in [0.05, 0.1) is 0 Å². The lowest BCUT2D eigenvalue weighted by Crippen LogP contribution is -2.48. The molecule has 0 saturated carbocycles. The molecule has 0 aromatic carbocycles. The first kappa shape index (κ1) is 30.2. The molecule has 8 heteroatoms. The largest absolute Gasteiger partial charge is 0.444 e. The number of carbonyl (C=O) groups is 1. The van der Waals surface area contributed by atoms with Gasteiger partial charge in [0.2, 0.25) is 0 Å². The Morgan fingerprint density at radius 1 is 1.23 bits per heavy atom. The van der Waals surface area contributed by atoms with Crippen LogP contribution in [0.15, 0.2) is 4.99 Å². The fourth-order valence-electron chi connectivity index (χ4n) is 3.58. The van der Waals surface area contributed by atoms with Crippen LogP contribution >= 0.6 is 24.0 Å². The highest BCUT2D eigenvalue weighted by Gasteiger charge is 2.27. The van der Waals surface area contributed by atoms with Crippen molar-refractivity contribution in [3.05, 3.63) is 0 Å². The van der Waals surface area contributed by atoms with E-state index in [0.29, 0.717) is 18.5 Å². The van der Waals surface area contributed by atoms with Crippen LogP contribution in [0.25, 0.3) is 0 Å². The number of ether oxygens (including phenoxy) is 1. The number of likely N-dealkylation sites (tertiary alicyclic amines) is 1. The first-order valence-electron chi connectivity index (χ1n) is 11.7. The molecule has 1 fully saturated rings. The predicted molar refractivity (Wildman–Crippen MR) is 142 cm³/mol. The third kappa shape index (κ3) is 12.2. The summed E-state index contributed by atoms with van der Waals surface area (Å²) in [5, 5.41) is 3.53. The van der Waals surface area contributed by atoms with E-state index in [1.165, 1.54) is 6.42 Å². The maximum Gasteiger partial charge on any atom is 0.410 e. The Balaban J connectivity index is 0.00000900. The molecule has 1 heterocycles. The molecule has 184 valence electrons. The number of amides is 1. The van der Waals surface area contributed by atoms with E-state index in [0.717, 1.165) is 57.9 Å². The number of carbonyl (C=O) groups excluding carboxylic acids is 1. The highest BCUT2D eigenvalue weighted by molar-refractivity contribution is 14.0. The molecule has 0 unspecified atom stereocenters. The van der Waals surface area contributed by atoms with Gasteiger partial charge < -0.3 is 24.8 Å². The first-order chi connectivity index (χ1) is 14.1. The molecule has 0 spiro atoms. The number of rotatable bonds is 9. The van der Waals surface area contributed by atoms with E-state index >= 15 is 0 Å². The summed E-state index contributed by atoms with van der Waals surface area (Å²) in [5.41, 5.74) is -0.448. The Morgan fingerprint density at radius 3 is 2.32 bits per heavy atom. The fraction of sp³-hybridized carbons (Fsp3) is 0.913. The van der Waals surface area contributed by atoms with Gasteiger partial charge in [0.1, 0.15) is 5.60 Å². The quantitative estimate of drug-likeness (QED) is 0.200. The summed E-state index contributed by atoms with van der Waals surface area (Å²) in [4.78, 5) is 23.4. The van der Waals surface area contributed by atoms with Crippen molar-refractivity contribution in [2.75, 3.05) is 53.4 Å². The lowest BCUT2D eigenvalue weighted by molar-refractivity contribution is 0.0214. The van der Waals surface area contributed by atoms with E-state index in [2.05, 4.69) is 41.0 Å². The minimum Gasteiger partial charge on any atom is -0.444 e. The van der Waals surface area contributed by atoms with Crippen LogP contribution < -0.4 is 5.32 Å². The van der Waals surface area contributed by atoms with Gasteiger partial charge in [-0.3, -0.25) is 4.99 Å². The minimum absolute atomic E-state index is 0. The Kier molecular flexibility index (Phi) is 14.8. The van der Waals surface area contributed by atoms with E-state index in [1.807, 2.05) is 39.6 Å². The summed E-state index contributed by atoms with van der Waals surface area (Å²) in [6.07, 6.45) is 4.28. The molecule has 1 aliphatic rings. The Bertz CT molecular complexity index is 529. The maximum absolute atomic E-state index is 12.4. The van der Waals surface area contributed by atoms with Gasteiger partial charge in [0.25, 0.3) is 0 Å². The van der Waals surface area contributed by atoms with Gasteiger partial charge in [-0.1, -0.05) is 0 Å². The maximum atomic E-state index is 12.4. The Morgan fingerprint density at radius 2 is 1.84 bits per heavy atom. The van der Waals surface area contributed by atoms with E-state index in [-0.39, 0.29) is 30.1 Å². The standard InChI is InChI=1S/C23H47N5O2.HI/c1-9-27(22(29)30-23(4,5)6)18-20-12-16-28(17-13-20)21(24-7)25-14-10-11-15-26(8)19(2)3;/h19-20H,9-18H2,1-8H3,(H,24,25);1H.